The second-order valence-electron chi connectivity index (χ2n) is 20.8. The number of imidazole rings is 1. The second-order valence-corrected chi connectivity index (χ2v) is 20.8. The topological polar surface area (TPSA) is 287 Å². The van der Waals surface area contributed by atoms with Crippen LogP contribution in [-0.2, 0) is 9.59 Å². The first-order valence-electron chi connectivity index (χ1n) is 28.4. The standard InChI is InChI=1S/C33H38N8O5.C32H35N5O3/c1-20-16-23(30(43)34-14-6-5-7-15-41(3)4)18-26(17-20)36-31(44)22-8-10-24(11-9-22)39-40-29(21(2)42)32(45)35-25-12-13-27-28(19-25)38-33(46)37-27;1-4-37(5-2)17-11-16-33-31(39)24-18-22(3)19-26(20-24)35-36-29-27-15-10-9-12-23(27)21-28(30(29)38)32(40)34-25-13-7-6-8-14-25/h8-13,16-19,29H,5-7,14-15H2,1-4H3,(H,34,43)(H,35,45)(H,36,44)(H2,37,38,46);6-10,12-15,18-21,38H,4-5,11,16-17H2,1-3H3,(H,33,39)(H,34,40). The summed E-state index contributed by atoms with van der Waals surface area (Å²) in [6.45, 7) is 14.3. The van der Waals surface area contributed by atoms with Gasteiger partial charge in [-0.15, -0.1) is 5.11 Å². The summed E-state index contributed by atoms with van der Waals surface area (Å²) in [6.07, 6.45) is 3.85. The van der Waals surface area contributed by atoms with Crippen molar-refractivity contribution in [1.82, 2.24) is 30.4 Å². The van der Waals surface area contributed by atoms with Gasteiger partial charge in [-0.25, -0.2) is 4.79 Å². The second kappa shape index (κ2) is 31.1. The molecule has 0 aliphatic heterocycles. The van der Waals surface area contributed by atoms with Crippen molar-refractivity contribution >= 4 is 91.2 Å². The highest BCUT2D eigenvalue weighted by molar-refractivity contribution is 6.12. The van der Waals surface area contributed by atoms with E-state index in [1.807, 2.05) is 76.5 Å². The summed E-state index contributed by atoms with van der Waals surface area (Å²) >= 11 is 0. The molecule has 1 heterocycles. The molecule has 446 valence electrons. The van der Waals surface area contributed by atoms with Gasteiger partial charge in [0.05, 0.1) is 28.0 Å². The van der Waals surface area contributed by atoms with Crippen LogP contribution in [0.5, 0.6) is 5.75 Å². The van der Waals surface area contributed by atoms with E-state index in [0.717, 1.165) is 68.4 Å². The number of anilines is 3. The largest absolute Gasteiger partial charge is 0.505 e. The van der Waals surface area contributed by atoms with E-state index in [1.54, 1.807) is 78.9 Å². The summed E-state index contributed by atoms with van der Waals surface area (Å²) in [5.41, 5.74) is 6.21. The van der Waals surface area contributed by atoms with Crippen LogP contribution >= 0.6 is 0 Å². The average molecular weight is 1160 g/mol. The maximum atomic E-state index is 13.1. The number of phenolic OH excluding ortho intramolecular Hbond substituents is 1. The Hall–Kier alpha value is -9.99. The number of rotatable bonds is 25. The predicted molar refractivity (Wildman–Crippen MR) is 337 cm³/mol. The number of fused-ring (bicyclic) bond motifs is 2. The third-order valence-electron chi connectivity index (χ3n) is 13.7. The van der Waals surface area contributed by atoms with Gasteiger partial charge < -0.3 is 51.5 Å². The summed E-state index contributed by atoms with van der Waals surface area (Å²) in [7, 11) is 4.07. The first-order valence-corrected chi connectivity index (χ1v) is 28.4. The molecule has 0 saturated carbocycles. The molecule has 7 aromatic carbocycles. The molecule has 5 amide bonds. The summed E-state index contributed by atoms with van der Waals surface area (Å²) in [6, 6.07) is 38.0. The molecule has 0 aliphatic rings. The Labute approximate surface area is 498 Å². The average Bonchev–Trinajstić information content (AvgIpc) is 1.37. The zero-order chi connectivity index (χ0) is 61.7. The number of carbonyl (C=O) groups is 6. The van der Waals surface area contributed by atoms with Crippen molar-refractivity contribution in [3.05, 3.63) is 183 Å². The van der Waals surface area contributed by atoms with Crippen molar-refractivity contribution in [1.29, 1.82) is 0 Å². The normalized spacial score (nSPS) is 11.6. The molecule has 0 saturated heterocycles. The molecular formula is C65H73N13O8. The van der Waals surface area contributed by atoms with Crippen LogP contribution in [0.4, 0.5) is 34.1 Å². The van der Waals surface area contributed by atoms with Gasteiger partial charge in [0.1, 0.15) is 5.69 Å². The molecule has 21 heteroatoms. The number of aromatic hydroxyl groups is 1. The molecule has 8 rings (SSSR count). The van der Waals surface area contributed by atoms with Crippen molar-refractivity contribution in [3.8, 4) is 5.75 Å². The number of phenols is 1. The number of carbonyl (C=O) groups excluding carboxylic acids is 6. The predicted octanol–water partition coefficient (Wildman–Crippen LogP) is 11.5. The number of unbranched alkanes of at least 4 members (excludes halogenated alkanes) is 2. The number of H-pyrrole nitrogens is 2. The van der Waals surface area contributed by atoms with Crippen molar-refractivity contribution in [3.63, 3.8) is 0 Å². The third-order valence-corrected chi connectivity index (χ3v) is 13.7. The fourth-order valence-electron chi connectivity index (χ4n) is 9.18. The van der Waals surface area contributed by atoms with Crippen molar-refractivity contribution in [2.75, 3.05) is 69.3 Å². The smallest absolute Gasteiger partial charge is 0.323 e. The summed E-state index contributed by atoms with van der Waals surface area (Å²) in [5.74, 6) is -2.68. The van der Waals surface area contributed by atoms with Crippen molar-refractivity contribution in [2.24, 2.45) is 20.5 Å². The van der Waals surface area contributed by atoms with E-state index in [2.05, 4.69) is 80.7 Å². The fraction of sp³-hybridized carbons (Fsp3) is 0.277. The van der Waals surface area contributed by atoms with Crippen LogP contribution < -0.4 is 32.3 Å². The Balaban J connectivity index is 0.000000248. The van der Waals surface area contributed by atoms with E-state index in [9.17, 15) is 38.7 Å². The minimum absolute atomic E-state index is 0.0884. The van der Waals surface area contributed by atoms with Gasteiger partial charge in [-0.2, -0.15) is 15.3 Å². The number of benzene rings is 7. The lowest BCUT2D eigenvalue weighted by Crippen LogP contribution is -2.31. The van der Waals surface area contributed by atoms with Gasteiger partial charge in [0.25, 0.3) is 29.5 Å². The number of azo groups is 2. The molecule has 8 N–H and O–H groups in total. The summed E-state index contributed by atoms with van der Waals surface area (Å²) in [5, 5.41) is 43.4. The van der Waals surface area contributed by atoms with Gasteiger partial charge in [0, 0.05) is 52.2 Å². The van der Waals surface area contributed by atoms with E-state index in [-0.39, 0.29) is 40.4 Å². The lowest BCUT2D eigenvalue weighted by Gasteiger charge is -2.17. The van der Waals surface area contributed by atoms with Crippen LogP contribution in [0, 0.1) is 13.8 Å². The van der Waals surface area contributed by atoms with Gasteiger partial charge >= 0.3 is 5.69 Å². The third kappa shape index (κ3) is 18.5. The molecular weight excluding hydrogens is 1090 g/mol. The number of aromatic nitrogens is 2. The van der Waals surface area contributed by atoms with Gasteiger partial charge in [-0.05, 0) is 194 Å². The molecule has 8 aromatic rings. The molecule has 1 aromatic heterocycles. The van der Waals surface area contributed by atoms with Gasteiger partial charge in [0.2, 0.25) is 6.04 Å². The monoisotopic (exact) mass is 1160 g/mol. The van der Waals surface area contributed by atoms with Crippen LogP contribution in [0.15, 0.2) is 165 Å². The lowest BCUT2D eigenvalue weighted by atomic mass is 10.0. The Kier molecular flexibility index (Phi) is 23.0. The van der Waals surface area contributed by atoms with E-state index >= 15 is 0 Å². The van der Waals surface area contributed by atoms with Crippen LogP contribution in [0.1, 0.15) is 99.0 Å². The Morgan fingerprint density at radius 3 is 1.91 bits per heavy atom. The van der Waals surface area contributed by atoms with Gasteiger partial charge in [-0.1, -0.05) is 62.7 Å². The molecule has 1 atom stereocenters. The first kappa shape index (κ1) is 63.6. The van der Waals surface area contributed by atoms with Gasteiger partial charge in [0.15, 0.2) is 11.5 Å². The van der Waals surface area contributed by atoms with Crippen molar-refractivity contribution in [2.45, 2.75) is 66.3 Å². The summed E-state index contributed by atoms with van der Waals surface area (Å²) in [4.78, 5) is 97.7. The van der Waals surface area contributed by atoms with E-state index in [0.29, 0.717) is 74.6 Å². The maximum Gasteiger partial charge on any atom is 0.323 e. The van der Waals surface area contributed by atoms with Crippen LogP contribution in [0.25, 0.3) is 21.8 Å². The molecule has 0 fully saturated rings. The molecule has 21 nitrogen and oxygen atoms in total. The number of aromatic amines is 2. The first-order chi connectivity index (χ1) is 41.4. The number of hydrogen-bond donors (Lipinski definition) is 8. The molecule has 0 radical (unpaired) electrons. The number of ketones is 1. The Morgan fingerprint density at radius 1 is 0.558 bits per heavy atom. The molecule has 86 heavy (non-hydrogen) atoms. The number of amides is 5. The lowest BCUT2D eigenvalue weighted by molar-refractivity contribution is -0.126. The fourth-order valence-corrected chi connectivity index (χ4v) is 9.18. The highest BCUT2D eigenvalue weighted by atomic mass is 16.3. The van der Waals surface area contributed by atoms with E-state index < -0.39 is 23.6 Å². The van der Waals surface area contributed by atoms with E-state index in [1.165, 1.54) is 19.1 Å². The minimum atomic E-state index is -1.40. The number of para-hydroxylation sites is 1. The summed E-state index contributed by atoms with van der Waals surface area (Å²) < 4.78 is 0. The Bertz CT molecular complexity index is 3820. The molecule has 0 spiro atoms. The van der Waals surface area contributed by atoms with Crippen LogP contribution in [-0.4, -0.2) is 120 Å². The maximum absolute atomic E-state index is 13.1. The molecule has 0 aliphatic carbocycles. The number of aryl methyl sites for hydroxylation is 2. The highest BCUT2D eigenvalue weighted by Crippen LogP contribution is 2.40. The molecule has 1 unspecified atom stereocenters. The number of nitrogens with zero attached hydrogens (tertiary/aromatic N) is 6. The SMILES string of the molecule is CC(=O)C(N=Nc1ccc(C(=O)Nc2cc(C)cc(C(=O)NCCCCCN(C)C)c2)cc1)C(=O)Nc1ccc2[nH]c(=O)[nH]c2c1.CCN(CC)CCCNC(=O)c1cc(C)cc(N=Nc2c(O)c(C(=O)Nc3ccccc3)cc3ccccc23)c1. The van der Waals surface area contributed by atoms with E-state index in [4.69, 9.17) is 0 Å². The van der Waals surface area contributed by atoms with Crippen molar-refractivity contribution < 1.29 is 33.9 Å². The van der Waals surface area contributed by atoms with Gasteiger partial charge in [-0.3, -0.25) is 28.8 Å². The quantitative estimate of drug-likeness (QED) is 0.0152. The Morgan fingerprint density at radius 2 is 1.21 bits per heavy atom. The highest BCUT2D eigenvalue weighted by Gasteiger charge is 2.24. The minimum Gasteiger partial charge on any atom is -0.505 e. The number of nitrogens with one attached hydrogen (secondary N) is 7. The van der Waals surface area contributed by atoms with Crippen LogP contribution in [0.3, 0.4) is 0 Å². The number of Topliss-reactive ketones (excluding diaryl/α,β-unsaturated/α-hetero) is 1. The molecule has 0 bridgehead atoms. The number of hydrogen-bond acceptors (Lipinski definition) is 14. The zero-order valence-electron chi connectivity index (χ0n) is 49.4. The van der Waals surface area contributed by atoms with Crippen LogP contribution in [0.2, 0.25) is 0 Å². The zero-order valence-corrected chi connectivity index (χ0v) is 49.4.